The Bertz CT molecular complexity index is 503. The standard InChI is InChI=1S/C15H21N3O2.ClH/c1-15(2,16)14(20)17-12-7-5-11(6-8-12)13(19)18-9-3-4-10-18;/h5-8H,3-4,9-10,16H2,1-2H3,(H,17,20);1H. The van der Waals surface area contributed by atoms with E-state index in [0.29, 0.717) is 11.3 Å². The fraction of sp³-hybridized carbons (Fsp3) is 0.467. The second-order valence-corrected chi connectivity index (χ2v) is 5.75. The molecule has 0 radical (unpaired) electrons. The highest BCUT2D eigenvalue weighted by molar-refractivity contribution is 5.98. The first-order chi connectivity index (χ1) is 9.38. The van der Waals surface area contributed by atoms with Crippen LogP contribution in [0.15, 0.2) is 24.3 Å². The van der Waals surface area contributed by atoms with E-state index in [9.17, 15) is 9.59 Å². The summed E-state index contributed by atoms with van der Waals surface area (Å²) in [4.78, 5) is 25.8. The highest BCUT2D eigenvalue weighted by Crippen LogP contribution is 2.16. The molecule has 1 aliphatic heterocycles. The van der Waals surface area contributed by atoms with Crippen molar-refractivity contribution in [2.45, 2.75) is 32.2 Å². The molecule has 1 aromatic carbocycles. The SMILES string of the molecule is CC(C)(N)C(=O)Nc1ccc(C(=O)N2CCCC2)cc1.Cl. The number of likely N-dealkylation sites (tertiary alicyclic amines) is 1. The van der Waals surface area contributed by atoms with Gasteiger partial charge in [0.1, 0.15) is 0 Å². The molecule has 0 saturated carbocycles. The van der Waals surface area contributed by atoms with Crippen molar-refractivity contribution < 1.29 is 9.59 Å². The van der Waals surface area contributed by atoms with E-state index in [0.717, 1.165) is 25.9 Å². The third-order valence-corrected chi connectivity index (χ3v) is 3.37. The van der Waals surface area contributed by atoms with Gasteiger partial charge < -0.3 is 16.0 Å². The number of amides is 2. The summed E-state index contributed by atoms with van der Waals surface area (Å²) < 4.78 is 0. The van der Waals surface area contributed by atoms with Gasteiger partial charge in [-0.15, -0.1) is 12.4 Å². The molecule has 0 bridgehead atoms. The van der Waals surface area contributed by atoms with Crippen LogP contribution in [0.3, 0.4) is 0 Å². The van der Waals surface area contributed by atoms with Gasteiger partial charge in [-0.25, -0.2) is 0 Å². The van der Waals surface area contributed by atoms with Crippen molar-refractivity contribution in [3.8, 4) is 0 Å². The Labute approximate surface area is 131 Å². The Morgan fingerprint density at radius 3 is 2.14 bits per heavy atom. The molecule has 0 spiro atoms. The molecule has 21 heavy (non-hydrogen) atoms. The Hall–Kier alpha value is -1.59. The number of hydrogen-bond acceptors (Lipinski definition) is 3. The lowest BCUT2D eigenvalue weighted by atomic mass is 10.1. The molecule has 5 nitrogen and oxygen atoms in total. The zero-order valence-electron chi connectivity index (χ0n) is 12.4. The van der Waals surface area contributed by atoms with Crippen LogP contribution in [0, 0.1) is 0 Å². The fourth-order valence-electron chi connectivity index (χ4n) is 2.09. The van der Waals surface area contributed by atoms with Crippen LogP contribution in [-0.4, -0.2) is 35.3 Å². The van der Waals surface area contributed by atoms with E-state index in [-0.39, 0.29) is 24.2 Å². The van der Waals surface area contributed by atoms with Crippen molar-refractivity contribution in [3.05, 3.63) is 29.8 Å². The minimum Gasteiger partial charge on any atom is -0.339 e. The minimum absolute atomic E-state index is 0. The summed E-state index contributed by atoms with van der Waals surface area (Å²) in [6.45, 7) is 4.96. The van der Waals surface area contributed by atoms with Crippen molar-refractivity contribution in [2.75, 3.05) is 18.4 Å². The van der Waals surface area contributed by atoms with Gasteiger partial charge in [-0.3, -0.25) is 9.59 Å². The smallest absolute Gasteiger partial charge is 0.253 e. The number of nitrogens with zero attached hydrogens (tertiary/aromatic N) is 1. The fourth-order valence-corrected chi connectivity index (χ4v) is 2.09. The summed E-state index contributed by atoms with van der Waals surface area (Å²) in [5, 5.41) is 2.73. The molecule has 0 aliphatic carbocycles. The maximum atomic E-state index is 12.2. The molecule has 116 valence electrons. The molecule has 3 N–H and O–H groups in total. The number of nitrogens with two attached hydrogens (primary N) is 1. The number of carbonyl (C=O) groups is 2. The molecule has 1 saturated heterocycles. The van der Waals surface area contributed by atoms with Crippen LogP contribution < -0.4 is 11.1 Å². The number of carbonyl (C=O) groups excluding carboxylic acids is 2. The maximum absolute atomic E-state index is 12.2. The molecule has 2 amide bonds. The predicted molar refractivity (Wildman–Crippen MR) is 85.7 cm³/mol. The van der Waals surface area contributed by atoms with Crippen LogP contribution >= 0.6 is 12.4 Å². The third-order valence-electron chi connectivity index (χ3n) is 3.37. The number of rotatable bonds is 3. The average Bonchev–Trinajstić information content (AvgIpc) is 2.91. The summed E-state index contributed by atoms with van der Waals surface area (Å²) in [5.41, 5.74) is 6.08. The first-order valence-corrected chi connectivity index (χ1v) is 6.87. The highest BCUT2D eigenvalue weighted by atomic mass is 35.5. The summed E-state index contributed by atoms with van der Waals surface area (Å²) in [7, 11) is 0. The van der Waals surface area contributed by atoms with E-state index >= 15 is 0 Å². The molecular weight excluding hydrogens is 290 g/mol. The second-order valence-electron chi connectivity index (χ2n) is 5.75. The molecule has 1 aliphatic rings. The van der Waals surface area contributed by atoms with Crippen molar-refractivity contribution in [3.63, 3.8) is 0 Å². The zero-order chi connectivity index (χ0) is 14.8. The largest absolute Gasteiger partial charge is 0.339 e. The Morgan fingerprint density at radius 2 is 1.67 bits per heavy atom. The quantitative estimate of drug-likeness (QED) is 0.896. The van der Waals surface area contributed by atoms with Crippen LogP contribution in [0.2, 0.25) is 0 Å². The van der Waals surface area contributed by atoms with E-state index in [1.54, 1.807) is 38.1 Å². The van der Waals surface area contributed by atoms with E-state index in [4.69, 9.17) is 5.73 Å². The minimum atomic E-state index is -0.927. The van der Waals surface area contributed by atoms with Crippen molar-refractivity contribution in [2.24, 2.45) is 5.73 Å². The Balaban J connectivity index is 0.00000220. The van der Waals surface area contributed by atoms with Gasteiger partial charge in [0, 0.05) is 24.3 Å². The van der Waals surface area contributed by atoms with Gasteiger partial charge in [0.05, 0.1) is 5.54 Å². The number of halogens is 1. The first kappa shape index (κ1) is 17.5. The normalized spacial score (nSPS) is 14.5. The van der Waals surface area contributed by atoms with Gasteiger partial charge in [0.15, 0.2) is 0 Å². The van der Waals surface area contributed by atoms with Gasteiger partial charge >= 0.3 is 0 Å². The van der Waals surface area contributed by atoms with Gasteiger partial charge in [-0.05, 0) is 51.0 Å². The summed E-state index contributed by atoms with van der Waals surface area (Å²) >= 11 is 0. The zero-order valence-corrected chi connectivity index (χ0v) is 13.2. The molecule has 6 heteroatoms. The lowest BCUT2D eigenvalue weighted by molar-refractivity contribution is -0.120. The third kappa shape index (κ3) is 4.44. The number of anilines is 1. The van der Waals surface area contributed by atoms with Crippen molar-refractivity contribution >= 4 is 29.9 Å². The van der Waals surface area contributed by atoms with E-state index in [2.05, 4.69) is 5.32 Å². The highest BCUT2D eigenvalue weighted by Gasteiger charge is 2.22. The summed E-state index contributed by atoms with van der Waals surface area (Å²) in [6.07, 6.45) is 2.15. The monoisotopic (exact) mass is 311 g/mol. The molecule has 1 aromatic rings. The molecule has 0 aromatic heterocycles. The van der Waals surface area contributed by atoms with Crippen LogP contribution in [0.4, 0.5) is 5.69 Å². The average molecular weight is 312 g/mol. The molecular formula is C15H22ClN3O2. The predicted octanol–water partition coefficient (Wildman–Crippen LogP) is 2.02. The van der Waals surface area contributed by atoms with Gasteiger partial charge in [-0.2, -0.15) is 0 Å². The van der Waals surface area contributed by atoms with Gasteiger partial charge in [-0.1, -0.05) is 0 Å². The van der Waals surface area contributed by atoms with Gasteiger partial charge in [0.2, 0.25) is 5.91 Å². The first-order valence-electron chi connectivity index (χ1n) is 6.87. The molecule has 1 fully saturated rings. The topological polar surface area (TPSA) is 75.4 Å². The van der Waals surface area contributed by atoms with Crippen LogP contribution in [-0.2, 0) is 4.79 Å². The van der Waals surface area contributed by atoms with Crippen LogP contribution in [0.5, 0.6) is 0 Å². The van der Waals surface area contributed by atoms with Gasteiger partial charge in [0.25, 0.3) is 5.91 Å². The van der Waals surface area contributed by atoms with E-state index in [1.807, 2.05) is 4.90 Å². The summed E-state index contributed by atoms with van der Waals surface area (Å²) in [5.74, 6) is -0.198. The lowest BCUT2D eigenvalue weighted by Crippen LogP contribution is -2.45. The Morgan fingerprint density at radius 1 is 1.14 bits per heavy atom. The number of hydrogen-bond donors (Lipinski definition) is 2. The second kappa shape index (κ2) is 6.91. The number of nitrogens with one attached hydrogen (secondary N) is 1. The van der Waals surface area contributed by atoms with E-state index < -0.39 is 5.54 Å². The lowest BCUT2D eigenvalue weighted by Gasteiger charge is -2.18. The maximum Gasteiger partial charge on any atom is 0.253 e. The summed E-state index contributed by atoms with van der Waals surface area (Å²) in [6, 6.07) is 6.93. The Kier molecular flexibility index (Phi) is 5.75. The van der Waals surface area contributed by atoms with Crippen LogP contribution in [0.25, 0.3) is 0 Å². The van der Waals surface area contributed by atoms with Crippen LogP contribution in [0.1, 0.15) is 37.0 Å². The van der Waals surface area contributed by atoms with Crippen molar-refractivity contribution in [1.82, 2.24) is 4.90 Å². The molecule has 0 unspecified atom stereocenters. The van der Waals surface area contributed by atoms with Crippen molar-refractivity contribution in [1.29, 1.82) is 0 Å². The van der Waals surface area contributed by atoms with E-state index in [1.165, 1.54) is 0 Å². The molecule has 2 rings (SSSR count). The molecule has 1 heterocycles. The number of benzene rings is 1. The molecule has 0 atom stereocenters.